The highest BCUT2D eigenvalue weighted by atomic mass is 16.3. The van der Waals surface area contributed by atoms with Crippen LogP contribution in [0.25, 0.3) is 0 Å². The quantitative estimate of drug-likeness (QED) is 0.440. The lowest BCUT2D eigenvalue weighted by molar-refractivity contribution is -0.139. The molecule has 0 aliphatic carbocycles. The van der Waals surface area contributed by atoms with E-state index in [9.17, 15) is 24.6 Å². The predicted molar refractivity (Wildman–Crippen MR) is 160 cm³/mol. The number of nitrogens with zero attached hydrogens (tertiary/aromatic N) is 3. The van der Waals surface area contributed by atoms with Gasteiger partial charge in [-0.25, -0.2) is 0 Å². The Labute approximate surface area is 245 Å². The molecule has 0 aromatic heterocycles. The Morgan fingerprint density at radius 2 is 1.71 bits per heavy atom. The third kappa shape index (κ3) is 4.51. The number of hydrogen-bond acceptors (Lipinski definition) is 5. The minimum atomic E-state index is -1.87. The van der Waals surface area contributed by atoms with Crippen LogP contribution < -0.4 is 9.80 Å². The molecule has 0 radical (unpaired) electrons. The van der Waals surface area contributed by atoms with E-state index in [1.807, 2.05) is 54.6 Å². The Bertz CT molecular complexity index is 1600. The highest BCUT2D eigenvalue weighted by Crippen LogP contribution is 2.47. The number of para-hydroxylation sites is 1. The Morgan fingerprint density at radius 3 is 2.48 bits per heavy atom. The van der Waals surface area contributed by atoms with Crippen molar-refractivity contribution in [1.29, 1.82) is 0 Å². The van der Waals surface area contributed by atoms with E-state index in [4.69, 9.17) is 0 Å². The fraction of sp³-hybridized carbons (Fsp3) is 0.324. The highest BCUT2D eigenvalue weighted by Gasteiger charge is 2.51. The molecule has 3 aromatic carbocycles. The maximum atomic E-state index is 13.5. The number of carbonyl (C=O) groups is 3. The highest BCUT2D eigenvalue weighted by molar-refractivity contribution is 6.09. The van der Waals surface area contributed by atoms with E-state index < -0.39 is 17.4 Å². The van der Waals surface area contributed by atoms with Gasteiger partial charge in [-0.05, 0) is 53.8 Å². The molecule has 3 amide bonds. The van der Waals surface area contributed by atoms with Crippen LogP contribution in [0.3, 0.4) is 0 Å². The molecule has 0 unspecified atom stereocenters. The van der Waals surface area contributed by atoms with Crippen LogP contribution in [0.2, 0.25) is 0 Å². The Morgan fingerprint density at radius 1 is 1.00 bits per heavy atom. The van der Waals surface area contributed by atoms with E-state index in [2.05, 4.69) is 0 Å². The number of fused-ring (bicyclic) bond motifs is 3. The molecular formula is C34H35N3O5. The smallest absolute Gasteiger partial charge is 0.264 e. The molecule has 3 heterocycles. The van der Waals surface area contributed by atoms with Crippen LogP contribution in [0.5, 0.6) is 0 Å². The first-order valence-corrected chi connectivity index (χ1v) is 14.4. The van der Waals surface area contributed by atoms with Crippen molar-refractivity contribution in [1.82, 2.24) is 4.90 Å². The molecule has 8 heteroatoms. The van der Waals surface area contributed by atoms with Gasteiger partial charge >= 0.3 is 0 Å². The molecule has 216 valence electrons. The first-order chi connectivity index (χ1) is 20.2. The number of aliphatic hydroxyl groups is 2. The molecule has 8 nitrogen and oxygen atoms in total. The van der Waals surface area contributed by atoms with Crippen LogP contribution in [0.1, 0.15) is 42.0 Å². The minimum Gasteiger partial charge on any atom is -0.394 e. The van der Waals surface area contributed by atoms with Gasteiger partial charge in [0.15, 0.2) is 5.60 Å². The maximum absolute atomic E-state index is 13.5. The van der Waals surface area contributed by atoms with Gasteiger partial charge in [0.1, 0.15) is 0 Å². The largest absolute Gasteiger partial charge is 0.394 e. The zero-order valence-electron chi connectivity index (χ0n) is 23.9. The maximum Gasteiger partial charge on any atom is 0.264 e. The summed E-state index contributed by atoms with van der Waals surface area (Å²) >= 11 is 0. The van der Waals surface area contributed by atoms with E-state index in [1.54, 1.807) is 48.1 Å². The number of likely N-dealkylation sites (N-methyl/N-ethyl adjacent to an activating group) is 1. The van der Waals surface area contributed by atoms with E-state index in [0.717, 1.165) is 22.4 Å². The molecule has 3 aliphatic heterocycles. The minimum absolute atomic E-state index is 0.0390. The first-order valence-electron chi connectivity index (χ1n) is 14.4. The summed E-state index contributed by atoms with van der Waals surface area (Å²) < 4.78 is 0. The molecule has 42 heavy (non-hydrogen) atoms. The van der Waals surface area contributed by atoms with Crippen molar-refractivity contribution in [3.8, 4) is 0 Å². The Balaban J connectivity index is 1.25. The number of benzene rings is 3. The normalized spacial score (nSPS) is 22.3. The fourth-order valence-electron chi connectivity index (χ4n) is 6.56. The summed E-state index contributed by atoms with van der Waals surface area (Å²) in [5, 5.41) is 21.9. The second-order valence-corrected chi connectivity index (χ2v) is 11.4. The van der Waals surface area contributed by atoms with Gasteiger partial charge in [0.05, 0.1) is 24.0 Å². The van der Waals surface area contributed by atoms with Crippen LogP contribution in [-0.2, 0) is 39.4 Å². The van der Waals surface area contributed by atoms with Crippen LogP contribution in [0.4, 0.5) is 17.1 Å². The van der Waals surface area contributed by atoms with Crippen molar-refractivity contribution in [3.05, 3.63) is 101 Å². The fourth-order valence-corrected chi connectivity index (χ4v) is 6.56. The average Bonchev–Trinajstić information content (AvgIpc) is 3.21. The number of aryl methyl sites for hydroxylation is 1. The first kappa shape index (κ1) is 27.9. The lowest BCUT2D eigenvalue weighted by atomic mass is 9.82. The number of aliphatic hydroxyl groups excluding tert-OH is 1. The summed E-state index contributed by atoms with van der Waals surface area (Å²) in [4.78, 5) is 44.6. The molecule has 0 bridgehead atoms. The molecule has 2 N–H and O–H groups in total. The van der Waals surface area contributed by atoms with Gasteiger partial charge in [-0.2, -0.15) is 0 Å². The van der Waals surface area contributed by atoms with E-state index in [1.165, 1.54) is 4.90 Å². The van der Waals surface area contributed by atoms with E-state index in [0.29, 0.717) is 42.7 Å². The average molecular weight is 566 g/mol. The lowest BCUT2D eigenvalue weighted by Gasteiger charge is -2.36. The molecule has 0 spiro atoms. The summed E-state index contributed by atoms with van der Waals surface area (Å²) in [5.74, 6) is -1.28. The second-order valence-electron chi connectivity index (χ2n) is 11.4. The topological polar surface area (TPSA) is 101 Å². The van der Waals surface area contributed by atoms with Crippen molar-refractivity contribution in [3.63, 3.8) is 0 Å². The van der Waals surface area contributed by atoms with Gasteiger partial charge in [-0.1, -0.05) is 61.5 Å². The summed E-state index contributed by atoms with van der Waals surface area (Å²) in [6.07, 6.45) is 5.13. The molecule has 3 aromatic rings. The lowest BCUT2D eigenvalue weighted by Crippen LogP contribution is -2.46. The standard InChI is InChI=1S/C34H35N3O5/c1-22(8-7-13-31(39)36-20-25-11-4-3-10-24(25)18-27(36)21-38)34(42)28-19-26(15-16-30(28)35(2)33(34)41)37-29-12-6-5-9-23(29)14-17-32(37)40/h3-12,15-16,19,22,27,38,42H,13-14,17-18,20-21H2,1-2H3/b8-7+/t22-,27+,34+/m1/s1. The number of hydrogen-bond donors (Lipinski definition) is 2. The van der Waals surface area contributed by atoms with Crippen molar-refractivity contribution < 1.29 is 24.6 Å². The SMILES string of the molecule is C[C@H](/C=C/CC(=O)N1Cc2ccccc2C[C@H]1CO)[C@@]1(O)C(=O)N(C)c2ccc(N3C(=O)CCc4ccccc43)cc21. The summed E-state index contributed by atoms with van der Waals surface area (Å²) in [7, 11) is 1.63. The molecule has 6 rings (SSSR count). The second kappa shape index (κ2) is 10.9. The summed E-state index contributed by atoms with van der Waals surface area (Å²) in [5.41, 5.74) is 3.84. The van der Waals surface area contributed by atoms with Gasteiger partial charge in [-0.3, -0.25) is 19.3 Å². The van der Waals surface area contributed by atoms with E-state index in [-0.39, 0.29) is 30.9 Å². The van der Waals surface area contributed by atoms with Gasteiger partial charge < -0.3 is 20.0 Å². The molecule has 3 atom stereocenters. The van der Waals surface area contributed by atoms with Gasteiger partial charge in [0.25, 0.3) is 5.91 Å². The third-order valence-electron chi connectivity index (χ3n) is 8.99. The number of amides is 3. The van der Waals surface area contributed by atoms with Crippen LogP contribution in [0.15, 0.2) is 78.9 Å². The molecule has 0 saturated heterocycles. The van der Waals surface area contributed by atoms with Crippen molar-refractivity contribution in [2.75, 3.05) is 23.5 Å². The number of carbonyl (C=O) groups excluding carboxylic acids is 3. The number of anilines is 3. The summed E-state index contributed by atoms with van der Waals surface area (Å²) in [6, 6.07) is 20.7. The van der Waals surface area contributed by atoms with Gasteiger partial charge in [-0.15, -0.1) is 0 Å². The van der Waals surface area contributed by atoms with E-state index >= 15 is 0 Å². The monoisotopic (exact) mass is 565 g/mol. The summed E-state index contributed by atoms with van der Waals surface area (Å²) in [6.45, 7) is 2.07. The van der Waals surface area contributed by atoms with Crippen LogP contribution in [-0.4, -0.2) is 52.5 Å². The van der Waals surface area contributed by atoms with Crippen LogP contribution in [0, 0.1) is 5.92 Å². The van der Waals surface area contributed by atoms with Gasteiger partial charge in [0, 0.05) is 43.6 Å². The van der Waals surface area contributed by atoms with Crippen molar-refractivity contribution in [2.24, 2.45) is 5.92 Å². The van der Waals surface area contributed by atoms with Crippen molar-refractivity contribution >= 4 is 34.8 Å². The number of rotatable bonds is 6. The van der Waals surface area contributed by atoms with Gasteiger partial charge in [0.2, 0.25) is 11.8 Å². The molecule has 0 saturated carbocycles. The Hall–Kier alpha value is -4.27. The molecular weight excluding hydrogens is 530 g/mol. The predicted octanol–water partition coefficient (Wildman–Crippen LogP) is 3.99. The Kier molecular flexibility index (Phi) is 7.20. The zero-order chi connectivity index (χ0) is 29.6. The zero-order valence-corrected chi connectivity index (χ0v) is 23.9. The molecule has 3 aliphatic rings. The molecule has 0 fully saturated rings. The van der Waals surface area contributed by atoms with Crippen molar-refractivity contribution in [2.45, 2.75) is 50.8 Å². The third-order valence-corrected chi connectivity index (χ3v) is 8.99. The van der Waals surface area contributed by atoms with Crippen LogP contribution >= 0.6 is 0 Å².